The molecule has 0 aliphatic carbocycles. The first kappa shape index (κ1) is 57.1. The van der Waals surface area contributed by atoms with E-state index >= 15 is 0 Å². The van der Waals surface area contributed by atoms with Crippen molar-refractivity contribution in [3.63, 3.8) is 0 Å². The summed E-state index contributed by atoms with van der Waals surface area (Å²) in [6.45, 7) is 6.31. The summed E-state index contributed by atoms with van der Waals surface area (Å²) in [4.78, 5) is 37.9. The fraction of sp³-hybridized carbons (Fsp3) is 0.618. The molecule has 0 heterocycles. The predicted octanol–water partition coefficient (Wildman–Crippen LogP) is 16.0. The van der Waals surface area contributed by atoms with Gasteiger partial charge in [-0.3, -0.25) is 14.4 Å². The number of allylic oxidation sites excluding steroid dienone is 18. The van der Waals surface area contributed by atoms with Crippen LogP contribution in [0.2, 0.25) is 0 Å². The molecule has 0 amide bonds. The zero-order chi connectivity index (χ0) is 44.4. The van der Waals surface area contributed by atoms with Crippen LogP contribution in [-0.2, 0) is 28.6 Å². The van der Waals surface area contributed by atoms with Gasteiger partial charge in [-0.05, 0) is 64.2 Å². The molecule has 0 fully saturated rings. The molecule has 0 aliphatic rings. The van der Waals surface area contributed by atoms with Gasteiger partial charge in [0.05, 0.1) is 0 Å². The largest absolute Gasteiger partial charge is 0.462 e. The lowest BCUT2D eigenvalue weighted by Crippen LogP contribution is -2.30. The van der Waals surface area contributed by atoms with E-state index in [1.165, 1.54) is 70.6 Å². The van der Waals surface area contributed by atoms with Crippen molar-refractivity contribution in [3.05, 3.63) is 109 Å². The van der Waals surface area contributed by atoms with Gasteiger partial charge in [0.2, 0.25) is 0 Å². The predicted molar refractivity (Wildman–Crippen MR) is 260 cm³/mol. The van der Waals surface area contributed by atoms with Crippen molar-refractivity contribution in [2.24, 2.45) is 0 Å². The lowest BCUT2D eigenvalue weighted by atomic mass is 10.1. The molecule has 0 saturated heterocycles. The maximum atomic E-state index is 12.8. The maximum absolute atomic E-state index is 12.8. The number of esters is 3. The third kappa shape index (κ3) is 47.0. The van der Waals surface area contributed by atoms with E-state index in [9.17, 15) is 14.4 Å². The first-order chi connectivity index (χ1) is 30.0. The fourth-order valence-electron chi connectivity index (χ4n) is 6.34. The zero-order valence-corrected chi connectivity index (χ0v) is 39.1. The Morgan fingerprint density at radius 3 is 1.20 bits per heavy atom. The van der Waals surface area contributed by atoms with E-state index in [-0.39, 0.29) is 31.1 Å². The SMILES string of the molecule is CC\C=C/C=C\C=C/C=C\C=C\C=C/C=C\CCCCCC(=O)OCC(COC(=O)CCCCCCCCCCCC)OC(=O)CCCCCCCCC/C=C\C/C=C\CC. The second-order valence-electron chi connectivity index (χ2n) is 15.8. The Hall–Kier alpha value is -3.93. The van der Waals surface area contributed by atoms with Crippen LogP contribution in [0.1, 0.15) is 201 Å². The van der Waals surface area contributed by atoms with Gasteiger partial charge in [0.25, 0.3) is 0 Å². The summed E-state index contributed by atoms with van der Waals surface area (Å²) in [6, 6.07) is 0. The minimum atomic E-state index is -0.800. The minimum Gasteiger partial charge on any atom is -0.462 e. The highest BCUT2D eigenvalue weighted by Gasteiger charge is 2.19. The van der Waals surface area contributed by atoms with Gasteiger partial charge >= 0.3 is 17.9 Å². The summed E-state index contributed by atoms with van der Waals surface area (Å²) in [5.74, 6) is -0.961. The molecule has 0 saturated carbocycles. The summed E-state index contributed by atoms with van der Waals surface area (Å²) < 4.78 is 16.7. The van der Waals surface area contributed by atoms with Crippen LogP contribution < -0.4 is 0 Å². The average Bonchev–Trinajstić information content (AvgIpc) is 3.26. The third-order valence-electron chi connectivity index (χ3n) is 9.97. The lowest BCUT2D eigenvalue weighted by Gasteiger charge is -2.18. The van der Waals surface area contributed by atoms with Crippen LogP contribution in [0, 0.1) is 0 Å². The van der Waals surface area contributed by atoms with Crippen LogP contribution in [0.4, 0.5) is 0 Å². The van der Waals surface area contributed by atoms with Crippen LogP contribution in [0.3, 0.4) is 0 Å². The first-order valence-corrected chi connectivity index (χ1v) is 24.5. The van der Waals surface area contributed by atoms with E-state index in [1.54, 1.807) is 0 Å². The topological polar surface area (TPSA) is 78.9 Å². The van der Waals surface area contributed by atoms with Gasteiger partial charge in [0.1, 0.15) is 13.2 Å². The molecule has 0 N–H and O–H groups in total. The van der Waals surface area contributed by atoms with E-state index in [2.05, 4.69) is 57.2 Å². The smallest absolute Gasteiger partial charge is 0.306 e. The number of carbonyl (C=O) groups is 3. The molecular weight excluding hydrogens is 757 g/mol. The average molecular weight is 845 g/mol. The van der Waals surface area contributed by atoms with E-state index < -0.39 is 6.10 Å². The van der Waals surface area contributed by atoms with Crippen molar-refractivity contribution in [1.82, 2.24) is 0 Å². The van der Waals surface area contributed by atoms with Crippen LogP contribution in [-0.4, -0.2) is 37.2 Å². The second kappa shape index (κ2) is 48.7. The summed E-state index contributed by atoms with van der Waals surface area (Å²) in [5, 5.41) is 0. The Morgan fingerprint density at radius 1 is 0.361 bits per heavy atom. The van der Waals surface area contributed by atoms with Gasteiger partial charge in [-0.1, -0.05) is 226 Å². The summed E-state index contributed by atoms with van der Waals surface area (Å²) >= 11 is 0. The van der Waals surface area contributed by atoms with Gasteiger partial charge in [0, 0.05) is 19.3 Å². The molecule has 0 aromatic heterocycles. The Bertz CT molecular complexity index is 1290. The quantitative estimate of drug-likeness (QED) is 0.0200. The van der Waals surface area contributed by atoms with Crippen molar-refractivity contribution in [2.75, 3.05) is 13.2 Å². The highest BCUT2D eigenvalue weighted by Crippen LogP contribution is 2.14. The van der Waals surface area contributed by atoms with Gasteiger partial charge in [-0.25, -0.2) is 0 Å². The zero-order valence-electron chi connectivity index (χ0n) is 39.1. The van der Waals surface area contributed by atoms with E-state index in [1.807, 2.05) is 72.9 Å². The van der Waals surface area contributed by atoms with Crippen molar-refractivity contribution in [3.8, 4) is 0 Å². The Morgan fingerprint density at radius 2 is 0.721 bits per heavy atom. The monoisotopic (exact) mass is 845 g/mol. The maximum Gasteiger partial charge on any atom is 0.306 e. The number of hydrogen-bond acceptors (Lipinski definition) is 6. The summed E-state index contributed by atoms with van der Waals surface area (Å²) in [7, 11) is 0. The molecule has 344 valence electrons. The molecule has 0 aromatic carbocycles. The normalized spacial score (nSPS) is 13.0. The van der Waals surface area contributed by atoms with Crippen LogP contribution in [0.15, 0.2) is 109 Å². The van der Waals surface area contributed by atoms with Gasteiger partial charge in [0.15, 0.2) is 6.10 Å². The fourth-order valence-corrected chi connectivity index (χ4v) is 6.34. The van der Waals surface area contributed by atoms with Gasteiger partial charge < -0.3 is 14.2 Å². The number of rotatable bonds is 42. The molecule has 1 unspecified atom stereocenters. The number of hydrogen-bond donors (Lipinski definition) is 0. The molecule has 6 heteroatoms. The molecule has 0 bridgehead atoms. The number of ether oxygens (including phenoxy) is 3. The van der Waals surface area contributed by atoms with Crippen molar-refractivity contribution in [2.45, 2.75) is 207 Å². The minimum absolute atomic E-state index is 0.0971. The van der Waals surface area contributed by atoms with Crippen molar-refractivity contribution in [1.29, 1.82) is 0 Å². The molecule has 0 rings (SSSR count). The lowest BCUT2D eigenvalue weighted by molar-refractivity contribution is -0.167. The number of unbranched alkanes of at least 4 members (excludes halogenated alkanes) is 19. The molecule has 0 spiro atoms. The van der Waals surface area contributed by atoms with E-state index in [0.29, 0.717) is 19.3 Å². The second-order valence-corrected chi connectivity index (χ2v) is 15.8. The van der Waals surface area contributed by atoms with Gasteiger partial charge in [-0.15, -0.1) is 0 Å². The van der Waals surface area contributed by atoms with Gasteiger partial charge in [-0.2, -0.15) is 0 Å². The van der Waals surface area contributed by atoms with Crippen LogP contribution in [0.5, 0.6) is 0 Å². The van der Waals surface area contributed by atoms with Crippen LogP contribution >= 0.6 is 0 Å². The van der Waals surface area contributed by atoms with E-state index in [4.69, 9.17) is 14.2 Å². The molecule has 0 radical (unpaired) electrons. The Balaban J connectivity index is 4.49. The van der Waals surface area contributed by atoms with Crippen LogP contribution in [0.25, 0.3) is 0 Å². The third-order valence-corrected chi connectivity index (χ3v) is 9.97. The molecule has 6 nitrogen and oxygen atoms in total. The standard InChI is InChI=1S/C55H88O6/c1-4-7-10-13-16-19-22-24-26-27-28-29-30-32-33-36-39-42-45-48-54(57)60-51-52(50-59-53(56)47-44-41-38-35-21-18-15-12-9-6-3)61-55(58)49-46-43-40-37-34-31-25-23-20-17-14-11-8-5-2/h7-8,10-11,13,16-17,19-20,22,24,26-30,32-33,52H,4-6,9,12,14-15,18,21,23,25,31,34-51H2,1-3H3/b10-7-,11-8-,16-13-,20-17-,22-19-,26-24-,28-27+,30-29-,33-32-. The molecular formula is C55H88O6. The Labute approximate surface area is 374 Å². The molecule has 0 aromatic rings. The van der Waals surface area contributed by atoms with Crippen molar-refractivity contribution >= 4 is 17.9 Å². The summed E-state index contributed by atoms with van der Waals surface area (Å²) in [5.41, 5.74) is 0. The number of carbonyl (C=O) groups excluding carboxylic acids is 3. The highest BCUT2D eigenvalue weighted by atomic mass is 16.6. The molecule has 61 heavy (non-hydrogen) atoms. The molecule has 0 aliphatic heterocycles. The van der Waals surface area contributed by atoms with E-state index in [0.717, 1.165) is 89.9 Å². The summed E-state index contributed by atoms with van der Waals surface area (Å²) in [6.07, 6.45) is 64.9. The Kier molecular flexibility index (Phi) is 45.6. The first-order valence-electron chi connectivity index (χ1n) is 24.5. The van der Waals surface area contributed by atoms with Crippen molar-refractivity contribution < 1.29 is 28.6 Å². The highest BCUT2D eigenvalue weighted by molar-refractivity contribution is 5.71. The molecule has 1 atom stereocenters.